The van der Waals surface area contributed by atoms with E-state index in [9.17, 15) is 9.59 Å². The van der Waals surface area contributed by atoms with Crippen molar-refractivity contribution in [3.63, 3.8) is 0 Å². The summed E-state index contributed by atoms with van der Waals surface area (Å²) in [7, 11) is 1.62. The lowest BCUT2D eigenvalue weighted by molar-refractivity contribution is 0.0636. The fourth-order valence-electron chi connectivity index (χ4n) is 2.89. The van der Waals surface area contributed by atoms with Crippen molar-refractivity contribution in [1.82, 2.24) is 10.2 Å². The number of ether oxygens (including phenoxy) is 1. The lowest BCUT2D eigenvalue weighted by Crippen LogP contribution is -2.48. The van der Waals surface area contributed by atoms with Gasteiger partial charge < -0.3 is 20.7 Å². The number of thiophene rings is 1. The highest BCUT2D eigenvalue weighted by atomic mass is 32.1. The van der Waals surface area contributed by atoms with Crippen LogP contribution in [-0.4, -0.2) is 43.5 Å². The lowest BCUT2D eigenvalue weighted by atomic mass is 10.0. The summed E-state index contributed by atoms with van der Waals surface area (Å²) >= 11 is 1.13. The molecular formula is C17H19N3O3S. The smallest absolute Gasteiger partial charge is 0.264 e. The zero-order valence-corrected chi connectivity index (χ0v) is 14.1. The van der Waals surface area contributed by atoms with Crippen LogP contribution in [0.3, 0.4) is 0 Å². The Balaban J connectivity index is 1.91. The first-order valence-electron chi connectivity index (χ1n) is 7.66. The maximum absolute atomic E-state index is 12.9. The molecule has 1 aromatic carbocycles. The van der Waals surface area contributed by atoms with E-state index in [4.69, 9.17) is 10.5 Å². The molecule has 1 aromatic heterocycles. The molecule has 1 fully saturated rings. The number of rotatable bonds is 4. The minimum absolute atomic E-state index is 0.0927. The number of nitrogens with one attached hydrogen (secondary N) is 1. The number of piperazine rings is 1. The molecule has 2 amide bonds. The minimum Gasteiger partial charge on any atom is -0.496 e. The van der Waals surface area contributed by atoms with Crippen LogP contribution in [0.1, 0.15) is 30.9 Å². The van der Waals surface area contributed by atoms with E-state index in [2.05, 4.69) is 5.32 Å². The van der Waals surface area contributed by atoms with Gasteiger partial charge in [0, 0.05) is 25.2 Å². The molecule has 1 saturated heterocycles. The van der Waals surface area contributed by atoms with E-state index in [1.807, 2.05) is 29.2 Å². The summed E-state index contributed by atoms with van der Waals surface area (Å²) in [6, 6.07) is 10.8. The zero-order chi connectivity index (χ0) is 17.1. The second-order valence-corrected chi connectivity index (χ2v) is 6.57. The molecule has 0 spiro atoms. The molecule has 0 bridgehead atoms. The molecule has 1 aliphatic heterocycles. The first-order chi connectivity index (χ1) is 11.6. The van der Waals surface area contributed by atoms with Gasteiger partial charge in [0.25, 0.3) is 11.8 Å². The van der Waals surface area contributed by atoms with Gasteiger partial charge in [0.2, 0.25) is 0 Å². The first kappa shape index (κ1) is 16.5. The summed E-state index contributed by atoms with van der Waals surface area (Å²) in [6.45, 7) is 1.97. The van der Waals surface area contributed by atoms with Crippen LogP contribution in [0.25, 0.3) is 0 Å². The van der Waals surface area contributed by atoms with Crippen LogP contribution in [0.2, 0.25) is 0 Å². The van der Waals surface area contributed by atoms with Crippen LogP contribution in [0, 0.1) is 0 Å². The molecule has 2 aromatic rings. The monoisotopic (exact) mass is 345 g/mol. The van der Waals surface area contributed by atoms with Gasteiger partial charge in [-0.25, -0.2) is 0 Å². The summed E-state index contributed by atoms with van der Waals surface area (Å²) in [5, 5.41) is 3.32. The molecule has 1 unspecified atom stereocenters. The van der Waals surface area contributed by atoms with Gasteiger partial charge in [-0.15, -0.1) is 11.3 Å². The zero-order valence-electron chi connectivity index (χ0n) is 13.3. The Kier molecular flexibility index (Phi) is 4.82. The molecule has 7 heteroatoms. The maximum atomic E-state index is 12.9. The highest BCUT2D eigenvalue weighted by molar-refractivity contribution is 7.15. The number of amides is 2. The van der Waals surface area contributed by atoms with Crippen LogP contribution >= 0.6 is 11.3 Å². The number of nitrogens with two attached hydrogens (primary N) is 1. The number of hydrogen-bond acceptors (Lipinski definition) is 5. The van der Waals surface area contributed by atoms with Gasteiger partial charge in [0.05, 0.1) is 22.9 Å². The van der Waals surface area contributed by atoms with Crippen molar-refractivity contribution < 1.29 is 14.3 Å². The predicted octanol–water partition coefficient (Wildman–Crippen LogP) is 1.64. The van der Waals surface area contributed by atoms with Crippen molar-refractivity contribution >= 4 is 23.2 Å². The second-order valence-electron chi connectivity index (χ2n) is 5.49. The highest BCUT2D eigenvalue weighted by Gasteiger charge is 2.31. The van der Waals surface area contributed by atoms with E-state index in [0.29, 0.717) is 22.8 Å². The fourth-order valence-corrected chi connectivity index (χ4v) is 3.71. The standard InChI is InChI=1S/C17H19N3O3S/c1-23-13-5-3-2-4-11(13)12-10-19-8-9-20(12)17(22)15-7-6-14(24-15)16(18)21/h2-7,12,19H,8-10H2,1H3,(H2,18,21). The Morgan fingerprint density at radius 2 is 2.00 bits per heavy atom. The van der Waals surface area contributed by atoms with Crippen molar-refractivity contribution in [1.29, 1.82) is 0 Å². The summed E-state index contributed by atoms with van der Waals surface area (Å²) in [6.07, 6.45) is 0. The molecule has 3 rings (SSSR count). The number of primary amides is 1. The summed E-state index contributed by atoms with van der Waals surface area (Å²) in [5.41, 5.74) is 6.25. The Morgan fingerprint density at radius 3 is 2.71 bits per heavy atom. The van der Waals surface area contributed by atoms with Crippen molar-refractivity contribution in [2.45, 2.75) is 6.04 Å². The third-order valence-corrected chi connectivity index (χ3v) is 5.15. The van der Waals surface area contributed by atoms with Crippen molar-refractivity contribution in [2.24, 2.45) is 5.73 Å². The van der Waals surface area contributed by atoms with E-state index in [-0.39, 0.29) is 11.9 Å². The van der Waals surface area contributed by atoms with Gasteiger partial charge in [-0.2, -0.15) is 0 Å². The third-order valence-electron chi connectivity index (χ3n) is 4.06. The van der Waals surface area contributed by atoms with Crippen LogP contribution in [0.5, 0.6) is 5.75 Å². The molecule has 126 valence electrons. The second kappa shape index (κ2) is 7.02. The number of carbonyl (C=O) groups is 2. The average molecular weight is 345 g/mol. The Labute approximate surface area is 144 Å². The van der Waals surface area contributed by atoms with Crippen LogP contribution in [0.15, 0.2) is 36.4 Å². The predicted molar refractivity (Wildman–Crippen MR) is 92.5 cm³/mol. The average Bonchev–Trinajstić information content (AvgIpc) is 3.11. The lowest BCUT2D eigenvalue weighted by Gasteiger charge is -2.36. The molecule has 0 saturated carbocycles. The molecule has 1 aliphatic rings. The van der Waals surface area contributed by atoms with E-state index in [0.717, 1.165) is 29.2 Å². The van der Waals surface area contributed by atoms with Crippen LogP contribution < -0.4 is 15.8 Å². The molecule has 1 atom stereocenters. The summed E-state index contributed by atoms with van der Waals surface area (Å²) < 4.78 is 5.44. The van der Waals surface area contributed by atoms with Gasteiger partial charge >= 0.3 is 0 Å². The molecule has 0 aliphatic carbocycles. The molecule has 24 heavy (non-hydrogen) atoms. The Bertz CT molecular complexity index is 759. The topological polar surface area (TPSA) is 84.7 Å². The first-order valence-corrected chi connectivity index (χ1v) is 8.47. The molecule has 6 nitrogen and oxygen atoms in total. The largest absolute Gasteiger partial charge is 0.496 e. The maximum Gasteiger partial charge on any atom is 0.264 e. The summed E-state index contributed by atoms with van der Waals surface area (Å²) in [4.78, 5) is 26.9. The van der Waals surface area contributed by atoms with E-state index < -0.39 is 5.91 Å². The minimum atomic E-state index is -0.513. The Hall–Kier alpha value is -2.38. The van der Waals surface area contributed by atoms with Crippen molar-refractivity contribution in [3.8, 4) is 5.75 Å². The Morgan fingerprint density at radius 1 is 1.25 bits per heavy atom. The van der Waals surface area contributed by atoms with Gasteiger partial charge in [-0.1, -0.05) is 18.2 Å². The molecule has 0 radical (unpaired) electrons. The van der Waals surface area contributed by atoms with Crippen LogP contribution in [0.4, 0.5) is 0 Å². The van der Waals surface area contributed by atoms with Crippen molar-refractivity contribution in [2.75, 3.05) is 26.7 Å². The summed E-state index contributed by atoms with van der Waals surface area (Å²) in [5.74, 6) is 0.151. The van der Waals surface area contributed by atoms with Crippen molar-refractivity contribution in [3.05, 3.63) is 51.7 Å². The molecule has 3 N–H and O–H groups in total. The fraction of sp³-hybridized carbons (Fsp3) is 0.294. The van der Waals surface area contributed by atoms with E-state index >= 15 is 0 Å². The number of hydrogen-bond donors (Lipinski definition) is 2. The number of benzene rings is 1. The highest BCUT2D eigenvalue weighted by Crippen LogP contribution is 2.32. The van der Waals surface area contributed by atoms with E-state index in [1.54, 1.807) is 19.2 Å². The molecule has 2 heterocycles. The SMILES string of the molecule is COc1ccccc1C1CNCCN1C(=O)c1ccc(C(N)=O)s1. The van der Waals surface area contributed by atoms with E-state index in [1.165, 1.54) is 0 Å². The van der Waals surface area contributed by atoms with Gasteiger partial charge in [0.1, 0.15) is 5.75 Å². The molecular weight excluding hydrogens is 326 g/mol. The third kappa shape index (κ3) is 3.13. The van der Waals surface area contributed by atoms with Gasteiger partial charge in [0.15, 0.2) is 0 Å². The van der Waals surface area contributed by atoms with Crippen LogP contribution in [-0.2, 0) is 0 Å². The number of carbonyl (C=O) groups excluding carboxylic acids is 2. The number of nitrogens with zero attached hydrogens (tertiary/aromatic N) is 1. The number of methoxy groups -OCH3 is 1. The van der Waals surface area contributed by atoms with Gasteiger partial charge in [-0.3, -0.25) is 9.59 Å². The normalized spacial score (nSPS) is 17.5. The van der Waals surface area contributed by atoms with Gasteiger partial charge in [-0.05, 0) is 18.2 Å². The quantitative estimate of drug-likeness (QED) is 0.882. The number of para-hydroxylation sites is 1.